The lowest BCUT2D eigenvalue weighted by molar-refractivity contribution is -0.141. The molecule has 0 spiro atoms. The Balaban J connectivity index is 1.36. The van der Waals surface area contributed by atoms with E-state index in [4.69, 9.17) is 11.6 Å². The molecule has 1 unspecified atom stereocenters. The first-order chi connectivity index (χ1) is 22.2. The minimum atomic E-state index is -3.51. The smallest absolute Gasteiger partial charge is 0.243 e. The van der Waals surface area contributed by atoms with E-state index < -0.39 is 16.1 Å². The van der Waals surface area contributed by atoms with Gasteiger partial charge in [-0.05, 0) is 72.7 Å². The summed E-state index contributed by atoms with van der Waals surface area (Å²) in [5, 5.41) is 3.66. The van der Waals surface area contributed by atoms with Gasteiger partial charge in [-0.3, -0.25) is 9.59 Å². The minimum absolute atomic E-state index is 0.155. The highest BCUT2D eigenvalue weighted by atomic mass is 35.5. The zero-order chi connectivity index (χ0) is 32.5. The van der Waals surface area contributed by atoms with Crippen molar-refractivity contribution in [1.29, 1.82) is 0 Å². The summed E-state index contributed by atoms with van der Waals surface area (Å²) in [5.41, 5.74) is 4.77. The molecule has 0 aromatic heterocycles. The fourth-order valence-corrected chi connectivity index (χ4v) is 7.30. The van der Waals surface area contributed by atoms with E-state index in [0.717, 1.165) is 40.7 Å². The molecule has 0 radical (unpaired) electrons. The van der Waals surface area contributed by atoms with Crippen molar-refractivity contribution in [1.82, 2.24) is 14.5 Å². The number of benzene rings is 4. The lowest BCUT2D eigenvalue weighted by atomic mass is 10.0. The number of carbonyl (C=O) groups is 2. The van der Waals surface area contributed by atoms with Gasteiger partial charge < -0.3 is 10.2 Å². The minimum Gasteiger partial charge on any atom is -0.350 e. The summed E-state index contributed by atoms with van der Waals surface area (Å²) >= 11 is 6.15. The molecule has 4 aromatic rings. The normalized spacial score (nSPS) is 14.1. The van der Waals surface area contributed by atoms with E-state index in [1.54, 1.807) is 41.3 Å². The number of nitrogens with one attached hydrogen (secondary N) is 1. The number of rotatable bonds is 13. The zero-order valence-corrected chi connectivity index (χ0v) is 27.6. The average Bonchev–Trinajstić information content (AvgIpc) is 3.63. The van der Waals surface area contributed by atoms with Crippen molar-refractivity contribution in [3.05, 3.63) is 136 Å². The molecule has 240 valence electrons. The fraction of sp³-hybridized carbons (Fsp3) is 0.297. The Morgan fingerprint density at radius 2 is 1.41 bits per heavy atom. The van der Waals surface area contributed by atoms with E-state index in [0.29, 0.717) is 37.5 Å². The van der Waals surface area contributed by atoms with Gasteiger partial charge in [-0.1, -0.05) is 96.0 Å². The predicted octanol–water partition coefficient (Wildman–Crippen LogP) is 6.32. The van der Waals surface area contributed by atoms with Gasteiger partial charge in [-0.25, -0.2) is 8.42 Å². The second-order valence-corrected chi connectivity index (χ2v) is 14.2. The van der Waals surface area contributed by atoms with E-state index in [2.05, 4.69) is 5.32 Å². The SMILES string of the molecule is Cc1ccc(CNC(=O)C(Cc2ccccc2)N(Cc2ccc(Cl)cc2)C(=O)CCc2ccc(S(=O)(=O)N3CCCC3)cc2)cc1. The Morgan fingerprint density at radius 3 is 2.07 bits per heavy atom. The summed E-state index contributed by atoms with van der Waals surface area (Å²) in [6.45, 7) is 3.69. The van der Waals surface area contributed by atoms with Crippen LogP contribution >= 0.6 is 11.6 Å². The lowest BCUT2D eigenvalue weighted by Gasteiger charge is -2.32. The van der Waals surface area contributed by atoms with Crippen molar-refractivity contribution in [3.8, 4) is 0 Å². The molecule has 1 N–H and O–H groups in total. The molecule has 1 saturated heterocycles. The van der Waals surface area contributed by atoms with Crippen molar-refractivity contribution in [2.24, 2.45) is 0 Å². The summed E-state index contributed by atoms with van der Waals surface area (Å²) in [4.78, 5) is 29.9. The number of nitrogens with zero attached hydrogens (tertiary/aromatic N) is 2. The number of amides is 2. The average molecular weight is 658 g/mol. The molecule has 0 saturated carbocycles. The molecule has 1 atom stereocenters. The number of sulfonamides is 1. The van der Waals surface area contributed by atoms with Gasteiger partial charge in [0.15, 0.2) is 0 Å². The molecule has 0 aliphatic carbocycles. The molecule has 1 fully saturated rings. The maximum Gasteiger partial charge on any atom is 0.243 e. The van der Waals surface area contributed by atoms with Crippen molar-refractivity contribution < 1.29 is 18.0 Å². The summed E-state index contributed by atoms with van der Waals surface area (Å²) in [6, 6.07) is 31.0. The molecule has 9 heteroatoms. The molecule has 1 aliphatic heterocycles. The third kappa shape index (κ3) is 8.84. The van der Waals surface area contributed by atoms with E-state index >= 15 is 0 Å². The molecule has 5 rings (SSSR count). The Labute approximate surface area is 277 Å². The topological polar surface area (TPSA) is 86.8 Å². The Bertz CT molecular complexity index is 1710. The van der Waals surface area contributed by atoms with E-state index in [1.165, 1.54) is 4.31 Å². The third-order valence-corrected chi connectivity index (χ3v) is 10.5. The van der Waals surface area contributed by atoms with Gasteiger partial charge in [0.1, 0.15) is 6.04 Å². The molecule has 2 amide bonds. The maximum atomic E-state index is 14.1. The van der Waals surface area contributed by atoms with Gasteiger partial charge >= 0.3 is 0 Å². The van der Waals surface area contributed by atoms with Gasteiger partial charge in [0.2, 0.25) is 21.8 Å². The second kappa shape index (κ2) is 15.5. The largest absolute Gasteiger partial charge is 0.350 e. The van der Waals surface area contributed by atoms with E-state index in [9.17, 15) is 18.0 Å². The van der Waals surface area contributed by atoms with Gasteiger partial charge in [0.05, 0.1) is 4.90 Å². The quantitative estimate of drug-likeness (QED) is 0.182. The van der Waals surface area contributed by atoms with Crippen molar-refractivity contribution in [2.75, 3.05) is 13.1 Å². The maximum absolute atomic E-state index is 14.1. The Morgan fingerprint density at radius 1 is 0.804 bits per heavy atom. The number of aryl methyl sites for hydroxylation is 2. The van der Waals surface area contributed by atoms with Crippen LogP contribution in [0.15, 0.2) is 108 Å². The van der Waals surface area contributed by atoms with Gasteiger partial charge in [-0.15, -0.1) is 0 Å². The standard InChI is InChI=1S/C37H40ClN3O4S/c1-28-9-11-31(12-10-28)26-39-37(43)35(25-30-7-3-2-4-8-30)41(27-32-13-18-33(38)19-14-32)36(42)22-17-29-15-20-34(21-16-29)46(44,45)40-23-5-6-24-40/h2-4,7-16,18-21,35H,5-6,17,22-27H2,1H3,(H,39,43). The molecule has 1 heterocycles. The Hall–Kier alpha value is -3.98. The van der Waals surface area contributed by atoms with Crippen LogP contribution in [0, 0.1) is 6.92 Å². The molecular weight excluding hydrogens is 618 g/mol. The van der Waals surface area contributed by atoms with E-state index in [1.807, 2.05) is 73.7 Å². The fourth-order valence-electron chi connectivity index (χ4n) is 5.65. The van der Waals surface area contributed by atoms with Crippen LogP contribution in [0.25, 0.3) is 0 Å². The van der Waals surface area contributed by atoms with Crippen LogP contribution in [0.3, 0.4) is 0 Å². The first kappa shape index (κ1) is 33.4. The van der Waals surface area contributed by atoms with Crippen LogP contribution in [0.5, 0.6) is 0 Å². The highest BCUT2D eigenvalue weighted by Gasteiger charge is 2.31. The first-order valence-corrected chi connectivity index (χ1v) is 17.5. The van der Waals surface area contributed by atoms with Crippen LogP contribution in [0.2, 0.25) is 5.02 Å². The third-order valence-electron chi connectivity index (χ3n) is 8.38. The predicted molar refractivity (Wildman–Crippen MR) is 182 cm³/mol. The van der Waals surface area contributed by atoms with Crippen molar-refractivity contribution >= 4 is 33.4 Å². The molecule has 46 heavy (non-hydrogen) atoms. The summed E-state index contributed by atoms with van der Waals surface area (Å²) in [7, 11) is -3.51. The van der Waals surface area contributed by atoms with Crippen molar-refractivity contribution in [3.63, 3.8) is 0 Å². The summed E-state index contributed by atoms with van der Waals surface area (Å²) < 4.78 is 27.4. The highest BCUT2D eigenvalue weighted by Crippen LogP contribution is 2.23. The van der Waals surface area contributed by atoms with Crippen LogP contribution in [0.4, 0.5) is 0 Å². The van der Waals surface area contributed by atoms with Crippen LogP contribution in [-0.4, -0.2) is 48.6 Å². The van der Waals surface area contributed by atoms with Gasteiger partial charge in [-0.2, -0.15) is 4.31 Å². The molecule has 0 bridgehead atoms. The second-order valence-electron chi connectivity index (χ2n) is 11.8. The van der Waals surface area contributed by atoms with E-state index in [-0.39, 0.29) is 29.7 Å². The zero-order valence-electron chi connectivity index (χ0n) is 26.1. The van der Waals surface area contributed by atoms with Gasteiger partial charge in [0, 0.05) is 44.0 Å². The summed E-state index contributed by atoms with van der Waals surface area (Å²) in [5.74, 6) is -0.404. The van der Waals surface area contributed by atoms with Crippen molar-refractivity contribution in [2.45, 2.75) is 63.1 Å². The molecule has 7 nitrogen and oxygen atoms in total. The van der Waals surface area contributed by atoms with Crippen LogP contribution in [0.1, 0.15) is 47.1 Å². The summed E-state index contributed by atoms with van der Waals surface area (Å²) in [6.07, 6.45) is 2.66. The number of carbonyl (C=O) groups excluding carboxylic acids is 2. The van der Waals surface area contributed by atoms with Crippen LogP contribution in [-0.2, 0) is 45.5 Å². The highest BCUT2D eigenvalue weighted by molar-refractivity contribution is 7.89. The molecular formula is C37H40ClN3O4S. The van der Waals surface area contributed by atoms with Gasteiger partial charge in [0.25, 0.3) is 0 Å². The number of halogens is 1. The lowest BCUT2D eigenvalue weighted by Crippen LogP contribution is -2.50. The van der Waals surface area contributed by atoms with Crippen LogP contribution < -0.4 is 5.32 Å². The molecule has 1 aliphatic rings. The monoisotopic (exact) mass is 657 g/mol. The molecule has 4 aromatic carbocycles. The number of hydrogen-bond acceptors (Lipinski definition) is 4. The first-order valence-electron chi connectivity index (χ1n) is 15.7. The number of hydrogen-bond donors (Lipinski definition) is 1. The Kier molecular flexibility index (Phi) is 11.3.